The number of phenolic OH excluding ortho intramolecular Hbond substituents is 1. The van der Waals surface area contributed by atoms with Crippen LogP contribution < -0.4 is 4.74 Å². The number of hydrogen-bond donors (Lipinski definition) is 1. The summed E-state index contributed by atoms with van der Waals surface area (Å²) >= 11 is 0. The van der Waals surface area contributed by atoms with E-state index in [1.54, 1.807) is 24.4 Å². The molecule has 0 bridgehead atoms. The highest BCUT2D eigenvalue weighted by molar-refractivity contribution is 5.95. The molecule has 1 aromatic carbocycles. The van der Waals surface area contributed by atoms with Crippen molar-refractivity contribution >= 4 is 5.91 Å². The van der Waals surface area contributed by atoms with E-state index in [4.69, 9.17) is 4.74 Å². The molecule has 6 heteroatoms. The number of benzene rings is 1. The highest BCUT2D eigenvalue weighted by atomic mass is 16.5. The molecule has 0 saturated carbocycles. The molecular weight excluding hydrogens is 342 g/mol. The number of carbonyl (C=O) groups excluding carboxylic acids is 1. The van der Waals surface area contributed by atoms with Crippen LogP contribution in [-0.2, 0) is 0 Å². The van der Waals surface area contributed by atoms with Crippen molar-refractivity contribution in [3.05, 3.63) is 54.2 Å². The molecule has 2 fully saturated rings. The average Bonchev–Trinajstić information content (AvgIpc) is 2.66. The first-order chi connectivity index (χ1) is 13.1. The zero-order valence-electron chi connectivity index (χ0n) is 15.5. The molecule has 1 N–H and O–H groups in total. The minimum Gasteiger partial charge on any atom is -0.508 e. The highest BCUT2D eigenvalue weighted by Crippen LogP contribution is 2.39. The summed E-state index contributed by atoms with van der Waals surface area (Å²) in [7, 11) is 2.14. The zero-order chi connectivity index (χ0) is 18.9. The lowest BCUT2D eigenvalue weighted by Gasteiger charge is -2.58. The number of rotatable bonds is 4. The van der Waals surface area contributed by atoms with E-state index in [2.05, 4.69) is 16.9 Å². The highest BCUT2D eigenvalue weighted by Gasteiger charge is 2.51. The van der Waals surface area contributed by atoms with Crippen molar-refractivity contribution in [3.63, 3.8) is 0 Å². The van der Waals surface area contributed by atoms with E-state index in [1.165, 1.54) is 6.07 Å². The first-order valence-corrected chi connectivity index (χ1v) is 9.39. The van der Waals surface area contributed by atoms with Crippen LogP contribution in [0.4, 0.5) is 0 Å². The molecule has 2 aliphatic rings. The lowest BCUT2D eigenvalue weighted by molar-refractivity contribution is -0.0695. The second-order valence-corrected chi connectivity index (χ2v) is 7.70. The molecule has 27 heavy (non-hydrogen) atoms. The Balaban J connectivity index is 1.36. The molecule has 0 aliphatic carbocycles. The molecule has 4 rings (SSSR count). The topological polar surface area (TPSA) is 65.9 Å². The Labute approximate surface area is 159 Å². The van der Waals surface area contributed by atoms with E-state index < -0.39 is 0 Å². The third-order valence-corrected chi connectivity index (χ3v) is 5.81. The van der Waals surface area contributed by atoms with Crippen molar-refractivity contribution in [2.24, 2.45) is 5.92 Å². The number of piperidine rings is 1. The molecule has 2 aromatic rings. The van der Waals surface area contributed by atoms with Crippen molar-refractivity contribution in [1.29, 1.82) is 0 Å². The van der Waals surface area contributed by atoms with Gasteiger partial charge in [-0.05, 0) is 56.6 Å². The lowest BCUT2D eigenvalue weighted by Crippen LogP contribution is -2.72. The Hall–Kier alpha value is -2.60. The van der Waals surface area contributed by atoms with E-state index in [-0.39, 0.29) is 17.2 Å². The predicted molar refractivity (Wildman–Crippen MR) is 102 cm³/mol. The maximum absolute atomic E-state index is 12.7. The van der Waals surface area contributed by atoms with Crippen LogP contribution in [0.2, 0.25) is 0 Å². The summed E-state index contributed by atoms with van der Waals surface area (Å²) in [5.74, 6) is 1.23. The van der Waals surface area contributed by atoms with Gasteiger partial charge in [0, 0.05) is 30.9 Å². The Morgan fingerprint density at radius 3 is 2.89 bits per heavy atom. The Morgan fingerprint density at radius 2 is 2.15 bits per heavy atom. The van der Waals surface area contributed by atoms with Crippen LogP contribution in [0.3, 0.4) is 0 Å². The van der Waals surface area contributed by atoms with Gasteiger partial charge in [0.05, 0.1) is 12.1 Å². The van der Waals surface area contributed by atoms with Gasteiger partial charge in [0.1, 0.15) is 5.75 Å². The van der Waals surface area contributed by atoms with Gasteiger partial charge in [-0.3, -0.25) is 9.69 Å². The Bertz CT molecular complexity index is 805. The molecule has 2 aliphatic heterocycles. The second-order valence-electron chi connectivity index (χ2n) is 7.70. The van der Waals surface area contributed by atoms with Gasteiger partial charge in [-0.25, -0.2) is 4.98 Å². The number of hydrogen-bond acceptors (Lipinski definition) is 5. The molecule has 1 spiro atoms. The number of likely N-dealkylation sites (N-methyl/N-ethyl adjacent to an activating group) is 1. The van der Waals surface area contributed by atoms with Crippen LogP contribution in [0.5, 0.6) is 11.6 Å². The molecule has 1 aromatic heterocycles. The average molecular weight is 367 g/mol. The fourth-order valence-electron chi connectivity index (χ4n) is 4.19. The molecule has 1 atom stereocenters. The van der Waals surface area contributed by atoms with Gasteiger partial charge in [-0.1, -0.05) is 12.1 Å². The third-order valence-electron chi connectivity index (χ3n) is 5.81. The molecule has 3 heterocycles. The van der Waals surface area contributed by atoms with E-state index >= 15 is 0 Å². The van der Waals surface area contributed by atoms with Crippen molar-refractivity contribution < 1.29 is 14.6 Å². The SMILES string of the molecule is CN1CC[C@H](COc2ccccn2)CC12CN(C(=O)c1cccc(O)c1)C2. The van der Waals surface area contributed by atoms with Gasteiger partial charge >= 0.3 is 0 Å². The first kappa shape index (κ1) is 17.8. The van der Waals surface area contributed by atoms with E-state index in [0.29, 0.717) is 24.0 Å². The number of pyridine rings is 1. The zero-order valence-corrected chi connectivity index (χ0v) is 15.5. The van der Waals surface area contributed by atoms with Crippen molar-refractivity contribution in [2.45, 2.75) is 18.4 Å². The third kappa shape index (κ3) is 3.62. The number of nitrogens with zero attached hydrogens (tertiary/aromatic N) is 3. The van der Waals surface area contributed by atoms with Crippen molar-refractivity contribution in [1.82, 2.24) is 14.8 Å². The fourth-order valence-corrected chi connectivity index (χ4v) is 4.19. The molecular formula is C21H25N3O3. The normalized spacial score (nSPS) is 21.7. The van der Waals surface area contributed by atoms with Crippen LogP contribution in [0.25, 0.3) is 0 Å². The van der Waals surface area contributed by atoms with Crippen LogP contribution in [0.1, 0.15) is 23.2 Å². The number of aromatic hydroxyl groups is 1. The summed E-state index contributed by atoms with van der Waals surface area (Å²) in [6, 6.07) is 12.2. The minimum absolute atomic E-state index is 0.0169. The summed E-state index contributed by atoms with van der Waals surface area (Å²) in [6.07, 6.45) is 3.84. The maximum atomic E-state index is 12.7. The number of phenols is 1. The monoisotopic (exact) mass is 367 g/mol. The molecule has 142 valence electrons. The van der Waals surface area contributed by atoms with Gasteiger partial charge in [0.2, 0.25) is 5.88 Å². The quantitative estimate of drug-likeness (QED) is 0.899. The van der Waals surface area contributed by atoms with Gasteiger partial charge in [-0.2, -0.15) is 0 Å². The Kier molecular flexibility index (Phi) is 4.74. The summed E-state index contributed by atoms with van der Waals surface area (Å²) < 4.78 is 5.86. The summed E-state index contributed by atoms with van der Waals surface area (Å²) in [4.78, 5) is 21.1. The standard InChI is InChI=1S/C21H25N3O3/c1-23-10-8-16(13-27-19-7-2-3-9-22-19)12-21(23)14-24(15-21)20(26)17-5-4-6-18(25)11-17/h2-7,9,11,16,25H,8,10,12-15H2,1H3/t16-/m0/s1. The summed E-state index contributed by atoms with van der Waals surface area (Å²) in [5, 5.41) is 9.61. The lowest BCUT2D eigenvalue weighted by atomic mass is 9.75. The van der Waals surface area contributed by atoms with E-state index in [0.717, 1.165) is 32.5 Å². The predicted octanol–water partition coefficient (Wildman–Crippen LogP) is 2.40. The molecule has 0 unspecified atom stereocenters. The summed E-state index contributed by atoms with van der Waals surface area (Å²) in [5.41, 5.74) is 0.571. The smallest absolute Gasteiger partial charge is 0.254 e. The van der Waals surface area contributed by atoms with Crippen LogP contribution >= 0.6 is 0 Å². The van der Waals surface area contributed by atoms with Crippen molar-refractivity contribution in [3.8, 4) is 11.6 Å². The number of ether oxygens (including phenoxy) is 1. The largest absolute Gasteiger partial charge is 0.508 e. The van der Waals surface area contributed by atoms with E-state index in [1.807, 2.05) is 23.1 Å². The molecule has 6 nitrogen and oxygen atoms in total. The fraction of sp³-hybridized carbons (Fsp3) is 0.429. The van der Waals surface area contributed by atoms with Gasteiger partial charge in [-0.15, -0.1) is 0 Å². The summed E-state index contributed by atoms with van der Waals surface area (Å²) in [6.45, 7) is 3.10. The molecule has 2 saturated heterocycles. The van der Waals surface area contributed by atoms with Crippen LogP contribution in [-0.4, -0.2) is 64.6 Å². The van der Waals surface area contributed by atoms with Crippen molar-refractivity contribution in [2.75, 3.05) is 33.3 Å². The maximum Gasteiger partial charge on any atom is 0.254 e. The molecule has 1 amide bonds. The van der Waals surface area contributed by atoms with Gasteiger partial charge in [0.25, 0.3) is 5.91 Å². The number of amides is 1. The van der Waals surface area contributed by atoms with Crippen LogP contribution in [0.15, 0.2) is 48.7 Å². The second kappa shape index (κ2) is 7.19. The minimum atomic E-state index is -0.0169. The van der Waals surface area contributed by atoms with Crippen LogP contribution in [0, 0.1) is 5.92 Å². The number of aromatic nitrogens is 1. The Morgan fingerprint density at radius 1 is 1.30 bits per heavy atom. The first-order valence-electron chi connectivity index (χ1n) is 9.39. The molecule has 0 radical (unpaired) electrons. The number of likely N-dealkylation sites (tertiary alicyclic amines) is 2. The van der Waals surface area contributed by atoms with E-state index in [9.17, 15) is 9.90 Å². The number of carbonyl (C=O) groups is 1. The van der Waals surface area contributed by atoms with Gasteiger partial charge in [0.15, 0.2) is 0 Å². The van der Waals surface area contributed by atoms with Gasteiger partial charge < -0.3 is 14.7 Å².